The van der Waals surface area contributed by atoms with Crippen LogP contribution < -0.4 is 5.32 Å². The van der Waals surface area contributed by atoms with Gasteiger partial charge in [0.1, 0.15) is 11.6 Å². The molecular weight excluding hydrogens is 370 g/mol. The van der Waals surface area contributed by atoms with Crippen molar-refractivity contribution in [3.63, 3.8) is 0 Å². The van der Waals surface area contributed by atoms with E-state index < -0.39 is 11.7 Å². The van der Waals surface area contributed by atoms with Crippen LogP contribution >= 0.6 is 34.2 Å². The molecule has 1 heterocycles. The van der Waals surface area contributed by atoms with Crippen molar-refractivity contribution in [2.75, 3.05) is 5.32 Å². The highest BCUT2D eigenvalue weighted by molar-refractivity contribution is 14.1. The minimum absolute atomic E-state index is 0.0676. The molecule has 0 bridgehead atoms. The fourth-order valence-electron chi connectivity index (χ4n) is 1.31. The highest BCUT2D eigenvalue weighted by Gasteiger charge is 2.11. The first-order chi connectivity index (χ1) is 8.56. The third kappa shape index (κ3) is 3.17. The molecule has 18 heavy (non-hydrogen) atoms. The summed E-state index contributed by atoms with van der Waals surface area (Å²) in [6.45, 7) is 0. The van der Waals surface area contributed by atoms with Crippen molar-refractivity contribution < 1.29 is 9.18 Å². The van der Waals surface area contributed by atoms with Crippen LogP contribution in [0.25, 0.3) is 0 Å². The first-order valence-electron chi connectivity index (χ1n) is 4.94. The van der Waals surface area contributed by atoms with Gasteiger partial charge in [-0.1, -0.05) is 11.6 Å². The van der Waals surface area contributed by atoms with E-state index in [1.165, 1.54) is 12.1 Å². The van der Waals surface area contributed by atoms with Gasteiger partial charge in [-0.3, -0.25) is 4.79 Å². The molecule has 1 N–H and O–H groups in total. The predicted octanol–water partition coefficient (Wildman–Crippen LogP) is 3.73. The molecule has 0 atom stereocenters. The van der Waals surface area contributed by atoms with E-state index in [-0.39, 0.29) is 10.6 Å². The molecule has 2 rings (SSSR count). The standard InChI is InChI=1S/C12H7ClFIN2O/c13-10-5-7(14)1-3-9(10)12(18)17-11-4-2-8(15)6-16-11/h1-6H,(H,16,17,18). The highest BCUT2D eigenvalue weighted by atomic mass is 127. The van der Waals surface area contributed by atoms with Gasteiger partial charge in [-0.2, -0.15) is 0 Å². The average Bonchev–Trinajstić information content (AvgIpc) is 2.32. The second-order valence-corrected chi connectivity index (χ2v) is 5.09. The lowest BCUT2D eigenvalue weighted by Gasteiger charge is -2.06. The maximum absolute atomic E-state index is 12.9. The molecule has 1 aromatic heterocycles. The Labute approximate surface area is 122 Å². The number of aromatic nitrogens is 1. The van der Waals surface area contributed by atoms with Crippen LogP contribution in [0.5, 0.6) is 0 Å². The van der Waals surface area contributed by atoms with Gasteiger partial charge in [-0.25, -0.2) is 9.37 Å². The second-order valence-electron chi connectivity index (χ2n) is 3.44. The summed E-state index contributed by atoms with van der Waals surface area (Å²) in [4.78, 5) is 15.9. The lowest BCUT2D eigenvalue weighted by Crippen LogP contribution is -2.13. The maximum atomic E-state index is 12.9. The van der Waals surface area contributed by atoms with Crippen molar-refractivity contribution in [2.24, 2.45) is 0 Å². The van der Waals surface area contributed by atoms with E-state index in [1.807, 2.05) is 6.07 Å². The number of carbonyl (C=O) groups excluding carboxylic acids is 1. The molecule has 0 radical (unpaired) electrons. The normalized spacial score (nSPS) is 10.2. The predicted molar refractivity (Wildman–Crippen MR) is 76.3 cm³/mol. The number of nitrogens with one attached hydrogen (secondary N) is 1. The molecule has 6 heteroatoms. The first kappa shape index (κ1) is 13.2. The number of benzene rings is 1. The molecule has 92 valence electrons. The van der Waals surface area contributed by atoms with Crippen molar-refractivity contribution >= 4 is 45.9 Å². The first-order valence-corrected chi connectivity index (χ1v) is 6.40. The number of amides is 1. The van der Waals surface area contributed by atoms with Crippen LogP contribution in [0.1, 0.15) is 10.4 Å². The molecular formula is C12H7ClFIN2O. The molecule has 0 fully saturated rings. The highest BCUT2D eigenvalue weighted by Crippen LogP contribution is 2.18. The lowest BCUT2D eigenvalue weighted by molar-refractivity contribution is 0.102. The zero-order valence-electron chi connectivity index (χ0n) is 8.95. The summed E-state index contributed by atoms with van der Waals surface area (Å²) in [5.74, 6) is -0.488. The molecule has 0 unspecified atom stereocenters. The van der Waals surface area contributed by atoms with E-state index >= 15 is 0 Å². The Bertz CT molecular complexity index is 589. The minimum Gasteiger partial charge on any atom is -0.307 e. The van der Waals surface area contributed by atoms with Gasteiger partial charge in [-0.15, -0.1) is 0 Å². The monoisotopic (exact) mass is 376 g/mol. The van der Waals surface area contributed by atoms with Gasteiger partial charge in [0.15, 0.2) is 0 Å². The summed E-state index contributed by atoms with van der Waals surface area (Å²) in [5, 5.41) is 2.65. The van der Waals surface area contributed by atoms with Gasteiger partial charge >= 0.3 is 0 Å². The number of pyridine rings is 1. The van der Waals surface area contributed by atoms with Gasteiger partial charge < -0.3 is 5.32 Å². The average molecular weight is 377 g/mol. The van der Waals surface area contributed by atoms with Crippen LogP contribution in [0.3, 0.4) is 0 Å². The Hall–Kier alpha value is -1.21. The zero-order chi connectivity index (χ0) is 13.1. The number of halogens is 3. The van der Waals surface area contributed by atoms with Gasteiger partial charge in [0.25, 0.3) is 5.91 Å². The molecule has 1 amide bonds. The summed E-state index contributed by atoms with van der Waals surface area (Å²) < 4.78 is 13.8. The summed E-state index contributed by atoms with van der Waals surface area (Å²) in [6, 6.07) is 7.10. The molecule has 1 aromatic carbocycles. The largest absolute Gasteiger partial charge is 0.307 e. The van der Waals surface area contributed by atoms with Crippen molar-refractivity contribution in [1.29, 1.82) is 0 Å². The Morgan fingerprint density at radius 3 is 2.72 bits per heavy atom. The van der Waals surface area contributed by atoms with E-state index in [0.717, 1.165) is 9.64 Å². The molecule has 0 aliphatic heterocycles. The number of carbonyl (C=O) groups is 1. The molecule has 0 aliphatic carbocycles. The Balaban J connectivity index is 2.19. The molecule has 0 saturated carbocycles. The fraction of sp³-hybridized carbons (Fsp3) is 0. The van der Waals surface area contributed by atoms with Gasteiger partial charge in [0.2, 0.25) is 0 Å². The second kappa shape index (κ2) is 5.62. The zero-order valence-corrected chi connectivity index (χ0v) is 11.9. The van der Waals surface area contributed by atoms with Crippen LogP contribution in [-0.2, 0) is 0 Å². The summed E-state index contributed by atoms with van der Waals surface area (Å²) in [5.41, 5.74) is 0.207. The number of hydrogen-bond acceptors (Lipinski definition) is 2. The Morgan fingerprint density at radius 2 is 2.11 bits per heavy atom. The van der Waals surface area contributed by atoms with Crippen LogP contribution in [0.2, 0.25) is 5.02 Å². The quantitative estimate of drug-likeness (QED) is 0.812. The summed E-state index contributed by atoms with van der Waals surface area (Å²) in [6.07, 6.45) is 1.63. The summed E-state index contributed by atoms with van der Waals surface area (Å²) in [7, 11) is 0. The SMILES string of the molecule is O=C(Nc1ccc(I)cn1)c1ccc(F)cc1Cl. The fourth-order valence-corrected chi connectivity index (χ4v) is 1.88. The van der Waals surface area contributed by atoms with Crippen molar-refractivity contribution in [3.8, 4) is 0 Å². The van der Waals surface area contributed by atoms with E-state index in [2.05, 4.69) is 32.9 Å². The lowest BCUT2D eigenvalue weighted by atomic mass is 10.2. The van der Waals surface area contributed by atoms with E-state index in [1.54, 1.807) is 12.3 Å². The number of rotatable bonds is 2. The van der Waals surface area contributed by atoms with E-state index in [9.17, 15) is 9.18 Å². The van der Waals surface area contributed by atoms with E-state index in [4.69, 9.17) is 11.6 Å². The van der Waals surface area contributed by atoms with Crippen LogP contribution in [0.4, 0.5) is 10.2 Å². The molecule has 0 spiro atoms. The maximum Gasteiger partial charge on any atom is 0.258 e. The molecule has 3 nitrogen and oxygen atoms in total. The third-order valence-electron chi connectivity index (χ3n) is 2.14. The minimum atomic E-state index is -0.482. The molecule has 2 aromatic rings. The van der Waals surface area contributed by atoms with Crippen LogP contribution in [0, 0.1) is 9.39 Å². The topological polar surface area (TPSA) is 42.0 Å². The summed E-state index contributed by atoms with van der Waals surface area (Å²) >= 11 is 7.91. The van der Waals surface area contributed by atoms with Gasteiger partial charge in [0, 0.05) is 9.77 Å². The van der Waals surface area contributed by atoms with Crippen molar-refractivity contribution in [2.45, 2.75) is 0 Å². The smallest absolute Gasteiger partial charge is 0.258 e. The third-order valence-corrected chi connectivity index (χ3v) is 3.10. The van der Waals surface area contributed by atoms with Gasteiger partial charge in [-0.05, 0) is 52.9 Å². The van der Waals surface area contributed by atoms with Crippen molar-refractivity contribution in [1.82, 2.24) is 4.98 Å². The Kier molecular flexibility index (Phi) is 4.13. The van der Waals surface area contributed by atoms with Crippen molar-refractivity contribution in [3.05, 3.63) is 56.5 Å². The molecule has 0 saturated heterocycles. The Morgan fingerprint density at radius 1 is 1.33 bits per heavy atom. The number of hydrogen-bond donors (Lipinski definition) is 1. The van der Waals surface area contributed by atoms with Crippen LogP contribution in [0.15, 0.2) is 36.5 Å². The molecule has 0 aliphatic rings. The number of anilines is 1. The van der Waals surface area contributed by atoms with Crippen LogP contribution in [-0.4, -0.2) is 10.9 Å². The van der Waals surface area contributed by atoms with E-state index in [0.29, 0.717) is 5.82 Å². The van der Waals surface area contributed by atoms with Gasteiger partial charge in [0.05, 0.1) is 10.6 Å². The number of nitrogens with zero attached hydrogens (tertiary/aromatic N) is 1.